The molecule has 2 aromatic carbocycles. The summed E-state index contributed by atoms with van der Waals surface area (Å²) in [5.41, 5.74) is 0.952. The zero-order valence-electron chi connectivity index (χ0n) is 18.5. The maximum absolute atomic E-state index is 12.9. The van der Waals surface area contributed by atoms with Gasteiger partial charge in [-0.3, -0.25) is 0 Å². The van der Waals surface area contributed by atoms with Gasteiger partial charge in [0.05, 0.1) is 10.5 Å². The molecule has 6 heteroatoms. The molecule has 0 fully saturated rings. The lowest BCUT2D eigenvalue weighted by molar-refractivity contribution is -0.0216. The maximum Gasteiger partial charge on any atom is 0.241 e. The summed E-state index contributed by atoms with van der Waals surface area (Å²) in [4.78, 5) is 2.34. The number of unbranched alkanes of at least 4 members (excludes halogenated alkanes) is 3. The van der Waals surface area contributed by atoms with Crippen LogP contribution in [-0.4, -0.2) is 41.3 Å². The van der Waals surface area contributed by atoms with Crippen molar-refractivity contribution in [3.05, 3.63) is 36.4 Å². The molecule has 0 saturated heterocycles. The number of fused-ring (bicyclic) bond motifs is 1. The summed E-state index contributed by atoms with van der Waals surface area (Å²) in [7, 11) is 0.379. The predicted octanol–water partition coefficient (Wildman–Crippen LogP) is 4.95. The van der Waals surface area contributed by atoms with Gasteiger partial charge >= 0.3 is 0 Å². The molecule has 1 N–H and O–H groups in total. The van der Waals surface area contributed by atoms with E-state index in [9.17, 15) is 8.42 Å². The number of benzene rings is 2. The molecule has 0 unspecified atom stereocenters. The van der Waals surface area contributed by atoms with Gasteiger partial charge < -0.3 is 9.64 Å². The van der Waals surface area contributed by atoms with Crippen LogP contribution >= 0.6 is 0 Å². The van der Waals surface area contributed by atoms with Crippen LogP contribution in [-0.2, 0) is 14.8 Å². The van der Waals surface area contributed by atoms with Crippen molar-refractivity contribution in [1.82, 2.24) is 4.72 Å². The summed E-state index contributed by atoms with van der Waals surface area (Å²) in [6.45, 7) is 7.56. The van der Waals surface area contributed by atoms with Crippen molar-refractivity contribution in [2.45, 2.75) is 63.4 Å². The lowest BCUT2D eigenvalue weighted by Gasteiger charge is -2.23. The van der Waals surface area contributed by atoms with Gasteiger partial charge in [0.25, 0.3) is 0 Å². The van der Waals surface area contributed by atoms with Gasteiger partial charge in [0.2, 0.25) is 10.0 Å². The van der Waals surface area contributed by atoms with Crippen molar-refractivity contribution in [1.29, 1.82) is 0 Å². The zero-order valence-corrected chi connectivity index (χ0v) is 19.3. The van der Waals surface area contributed by atoms with E-state index in [4.69, 9.17) is 4.74 Å². The van der Waals surface area contributed by atoms with Crippen molar-refractivity contribution < 1.29 is 13.2 Å². The molecule has 0 bridgehead atoms. The number of hydrogen-bond acceptors (Lipinski definition) is 4. The Morgan fingerprint density at radius 2 is 1.62 bits per heavy atom. The van der Waals surface area contributed by atoms with Gasteiger partial charge in [-0.25, -0.2) is 13.1 Å². The second-order valence-corrected chi connectivity index (χ2v) is 10.0. The average Bonchev–Trinajstić information content (AvgIpc) is 2.68. The maximum atomic E-state index is 12.9. The molecule has 2 rings (SSSR count). The van der Waals surface area contributed by atoms with Gasteiger partial charge in [0, 0.05) is 43.7 Å². The molecule has 0 radical (unpaired) electrons. The molecule has 0 aromatic heterocycles. The fraction of sp³-hybridized carbons (Fsp3) is 0.565. The Morgan fingerprint density at radius 1 is 0.966 bits per heavy atom. The highest BCUT2D eigenvalue weighted by Gasteiger charge is 2.18. The Kier molecular flexibility index (Phi) is 8.49. The van der Waals surface area contributed by atoms with E-state index < -0.39 is 10.0 Å². The molecule has 0 saturated carbocycles. The highest BCUT2D eigenvalue weighted by Crippen LogP contribution is 2.30. The summed E-state index contributed by atoms with van der Waals surface area (Å²) >= 11 is 0. The van der Waals surface area contributed by atoms with E-state index in [-0.39, 0.29) is 5.60 Å². The first-order valence-corrected chi connectivity index (χ1v) is 12.0. The lowest BCUT2D eigenvalue weighted by atomic mass is 10.1. The van der Waals surface area contributed by atoms with Crippen LogP contribution in [0.2, 0.25) is 0 Å². The molecule has 2 aromatic rings. The molecular formula is C23H36N2O3S. The molecule has 0 aliphatic rings. The number of rotatable bonds is 12. The van der Waals surface area contributed by atoms with E-state index in [1.807, 2.05) is 49.3 Å². The van der Waals surface area contributed by atoms with Crippen LogP contribution in [0.25, 0.3) is 10.8 Å². The van der Waals surface area contributed by atoms with E-state index in [0.717, 1.165) is 55.2 Å². The third-order valence-corrected chi connectivity index (χ3v) is 6.86. The molecule has 0 atom stereocenters. The van der Waals surface area contributed by atoms with E-state index in [1.54, 1.807) is 6.07 Å². The summed E-state index contributed by atoms with van der Waals surface area (Å²) in [5.74, 6) is 0. The van der Waals surface area contributed by atoms with Crippen molar-refractivity contribution in [2.24, 2.45) is 0 Å². The zero-order chi connectivity index (χ0) is 21.5. The fourth-order valence-corrected chi connectivity index (χ4v) is 4.50. The first kappa shape index (κ1) is 23.6. The van der Waals surface area contributed by atoms with E-state index in [0.29, 0.717) is 11.4 Å². The second-order valence-electron chi connectivity index (χ2n) is 8.30. The fourth-order valence-electron chi connectivity index (χ4n) is 3.20. The van der Waals surface area contributed by atoms with Crippen LogP contribution in [0.5, 0.6) is 0 Å². The van der Waals surface area contributed by atoms with Crippen LogP contribution in [0, 0.1) is 0 Å². The van der Waals surface area contributed by atoms with Crippen LogP contribution in [0.4, 0.5) is 5.69 Å². The topological polar surface area (TPSA) is 58.6 Å². The monoisotopic (exact) mass is 420 g/mol. The number of anilines is 1. The molecule has 0 aliphatic heterocycles. The van der Waals surface area contributed by atoms with Crippen molar-refractivity contribution in [3.63, 3.8) is 0 Å². The number of sulfonamides is 1. The summed E-state index contributed by atoms with van der Waals surface area (Å²) in [6, 6.07) is 11.2. The second kappa shape index (κ2) is 10.4. The van der Waals surface area contributed by atoms with E-state index in [1.165, 1.54) is 0 Å². The number of ether oxygens (including phenoxy) is 1. The van der Waals surface area contributed by atoms with E-state index in [2.05, 4.69) is 25.5 Å². The molecule has 29 heavy (non-hydrogen) atoms. The summed E-state index contributed by atoms with van der Waals surface area (Å²) < 4.78 is 34.3. The number of nitrogens with zero attached hydrogens (tertiary/aromatic N) is 1. The van der Waals surface area contributed by atoms with Crippen molar-refractivity contribution in [3.8, 4) is 0 Å². The van der Waals surface area contributed by atoms with Gasteiger partial charge in [-0.05, 0) is 45.2 Å². The van der Waals surface area contributed by atoms with Gasteiger partial charge in [-0.2, -0.15) is 0 Å². The Balaban J connectivity index is 1.88. The molecule has 0 heterocycles. The lowest BCUT2D eigenvalue weighted by Crippen LogP contribution is -2.25. The minimum Gasteiger partial charge on any atom is -0.377 e. The summed E-state index contributed by atoms with van der Waals surface area (Å²) in [6.07, 6.45) is 4.86. The molecule has 5 nitrogen and oxygen atoms in total. The van der Waals surface area contributed by atoms with E-state index >= 15 is 0 Å². The molecule has 162 valence electrons. The third-order valence-electron chi connectivity index (χ3n) is 5.34. The minimum absolute atomic E-state index is 0.0550. The number of hydrogen-bond donors (Lipinski definition) is 1. The average molecular weight is 421 g/mol. The summed E-state index contributed by atoms with van der Waals surface area (Å²) in [5, 5.41) is 1.69. The van der Waals surface area contributed by atoms with Gasteiger partial charge in [0.15, 0.2) is 0 Å². The first-order chi connectivity index (χ1) is 13.7. The van der Waals surface area contributed by atoms with Crippen molar-refractivity contribution >= 4 is 26.5 Å². The van der Waals surface area contributed by atoms with Gasteiger partial charge in [-0.15, -0.1) is 0 Å². The van der Waals surface area contributed by atoms with Gasteiger partial charge in [-0.1, -0.05) is 44.0 Å². The molecular weight excluding hydrogens is 384 g/mol. The molecule has 0 amide bonds. The van der Waals surface area contributed by atoms with Crippen LogP contribution < -0.4 is 9.62 Å². The number of nitrogens with one attached hydrogen (secondary N) is 1. The third kappa shape index (κ3) is 6.69. The largest absolute Gasteiger partial charge is 0.377 e. The van der Waals surface area contributed by atoms with Crippen LogP contribution in [0.1, 0.15) is 52.9 Å². The highest BCUT2D eigenvalue weighted by atomic mass is 32.2. The quantitative estimate of drug-likeness (QED) is 0.494. The Hall–Kier alpha value is -1.63. The Labute approximate surface area is 176 Å². The SMILES string of the molecule is CCC(C)(C)OCCCCCCNS(=O)(=O)c1cccc2c(N(C)C)cccc12. The van der Waals surface area contributed by atoms with Gasteiger partial charge in [0.1, 0.15) is 0 Å². The Bertz CT molecular complexity index is 892. The Morgan fingerprint density at radius 3 is 2.31 bits per heavy atom. The normalized spacial score (nSPS) is 12.4. The minimum atomic E-state index is -3.54. The highest BCUT2D eigenvalue weighted by molar-refractivity contribution is 7.89. The first-order valence-electron chi connectivity index (χ1n) is 10.5. The molecule has 0 spiro atoms. The van der Waals surface area contributed by atoms with Crippen molar-refractivity contribution in [2.75, 3.05) is 32.1 Å². The molecule has 0 aliphatic carbocycles. The van der Waals surface area contributed by atoms with Crippen LogP contribution in [0.3, 0.4) is 0 Å². The predicted molar refractivity (Wildman–Crippen MR) is 122 cm³/mol. The van der Waals surface area contributed by atoms with Crippen LogP contribution in [0.15, 0.2) is 41.3 Å². The smallest absolute Gasteiger partial charge is 0.241 e. The standard InChI is InChI=1S/C23H36N2O3S/c1-6-23(2,3)28-18-10-8-7-9-17-24-29(26,27)22-16-12-13-19-20(22)14-11-15-21(19)25(4)5/h11-16,24H,6-10,17-18H2,1-5H3.